The second kappa shape index (κ2) is 5.29. The van der Waals surface area contributed by atoms with E-state index >= 15 is 0 Å². The van der Waals surface area contributed by atoms with Gasteiger partial charge in [0.2, 0.25) is 5.89 Å². The first kappa shape index (κ1) is 12.1. The van der Waals surface area contributed by atoms with Crippen LogP contribution >= 0.6 is 11.6 Å². The third kappa shape index (κ3) is 3.54. The molecule has 0 aliphatic heterocycles. The Balaban J connectivity index is 2.06. The van der Waals surface area contributed by atoms with E-state index in [4.69, 9.17) is 16.1 Å². The Kier molecular flexibility index (Phi) is 3.76. The molecule has 0 aliphatic carbocycles. The number of hydrogen-bond acceptors (Lipinski definition) is 4. The van der Waals surface area contributed by atoms with E-state index in [1.165, 1.54) is 0 Å². The van der Waals surface area contributed by atoms with Gasteiger partial charge >= 0.3 is 0 Å². The number of benzene rings is 1. The molecule has 1 atom stereocenters. The van der Waals surface area contributed by atoms with Crippen LogP contribution in [0.3, 0.4) is 0 Å². The molecule has 1 heterocycles. The van der Waals surface area contributed by atoms with Crippen LogP contribution in [0, 0.1) is 0 Å². The summed E-state index contributed by atoms with van der Waals surface area (Å²) in [6.07, 6.45) is 0.473. The summed E-state index contributed by atoms with van der Waals surface area (Å²) in [6, 6.07) is 7.53. The summed E-state index contributed by atoms with van der Waals surface area (Å²) in [6.45, 7) is 1.68. The molecule has 1 unspecified atom stereocenters. The third-order valence-electron chi connectivity index (χ3n) is 2.23. The summed E-state index contributed by atoms with van der Waals surface area (Å²) in [5, 5.41) is 13.7. The van der Waals surface area contributed by atoms with Crippen molar-refractivity contribution >= 4 is 11.6 Å². The summed E-state index contributed by atoms with van der Waals surface area (Å²) < 4.78 is 5.02. The molecule has 0 aliphatic rings. The van der Waals surface area contributed by atoms with Crippen molar-refractivity contribution in [1.29, 1.82) is 0 Å². The molecule has 5 heteroatoms. The number of aliphatic hydroxyl groups is 1. The lowest BCUT2D eigenvalue weighted by Gasteiger charge is -1.97. The van der Waals surface area contributed by atoms with Gasteiger partial charge in [0.25, 0.3) is 0 Å². The highest BCUT2D eigenvalue weighted by molar-refractivity contribution is 6.30. The fraction of sp³-hybridized carbons (Fsp3) is 0.333. The van der Waals surface area contributed by atoms with Crippen molar-refractivity contribution in [2.75, 3.05) is 0 Å². The molecule has 0 bridgehead atoms. The SMILES string of the molecule is CC(O)Cc1nc(Cc2cccc(Cl)c2)no1. The average molecular weight is 253 g/mol. The van der Waals surface area contributed by atoms with Crippen LogP contribution in [-0.4, -0.2) is 21.4 Å². The normalized spacial score (nSPS) is 12.6. The van der Waals surface area contributed by atoms with E-state index in [-0.39, 0.29) is 0 Å². The molecule has 2 rings (SSSR count). The standard InChI is InChI=1S/C12H13ClN2O2/c1-8(16)5-12-14-11(15-17-12)7-9-3-2-4-10(13)6-9/h2-4,6,8,16H,5,7H2,1H3. The fourth-order valence-electron chi connectivity index (χ4n) is 1.53. The summed E-state index contributed by atoms with van der Waals surface area (Å²) >= 11 is 5.89. The average Bonchev–Trinajstić information content (AvgIpc) is 2.64. The number of halogens is 1. The first-order valence-corrected chi connectivity index (χ1v) is 5.75. The summed E-state index contributed by atoms with van der Waals surface area (Å²) in [4.78, 5) is 4.19. The third-order valence-corrected chi connectivity index (χ3v) is 2.47. The zero-order chi connectivity index (χ0) is 12.3. The van der Waals surface area contributed by atoms with E-state index in [9.17, 15) is 5.11 Å². The molecule has 0 fully saturated rings. The van der Waals surface area contributed by atoms with Crippen molar-refractivity contribution in [3.05, 3.63) is 46.6 Å². The first-order chi connectivity index (χ1) is 8.13. The van der Waals surface area contributed by atoms with Crippen LogP contribution in [0.1, 0.15) is 24.2 Å². The minimum absolute atomic E-state index is 0.378. The lowest BCUT2D eigenvalue weighted by Crippen LogP contribution is -2.04. The zero-order valence-corrected chi connectivity index (χ0v) is 10.2. The molecule has 0 saturated carbocycles. The Labute approximate surface area is 104 Å². The van der Waals surface area contributed by atoms with Crippen molar-refractivity contribution in [3.63, 3.8) is 0 Å². The largest absolute Gasteiger partial charge is 0.393 e. The van der Waals surface area contributed by atoms with E-state index < -0.39 is 6.10 Å². The van der Waals surface area contributed by atoms with Crippen LogP contribution in [0.4, 0.5) is 0 Å². The summed E-state index contributed by atoms with van der Waals surface area (Å²) in [5.74, 6) is 1.06. The van der Waals surface area contributed by atoms with Gasteiger partial charge in [0, 0.05) is 11.4 Å². The van der Waals surface area contributed by atoms with Crippen LogP contribution in [0.15, 0.2) is 28.8 Å². The van der Waals surface area contributed by atoms with Crippen LogP contribution in [0.25, 0.3) is 0 Å². The molecule has 1 N–H and O–H groups in total. The monoisotopic (exact) mass is 252 g/mol. The molecular weight excluding hydrogens is 240 g/mol. The van der Waals surface area contributed by atoms with Gasteiger partial charge < -0.3 is 9.63 Å². The van der Waals surface area contributed by atoms with Gasteiger partial charge in [-0.2, -0.15) is 4.98 Å². The highest BCUT2D eigenvalue weighted by Crippen LogP contribution is 2.13. The van der Waals surface area contributed by atoms with Gasteiger partial charge in [0.15, 0.2) is 5.82 Å². The van der Waals surface area contributed by atoms with Crippen LogP contribution in [0.5, 0.6) is 0 Å². The van der Waals surface area contributed by atoms with E-state index in [0.717, 1.165) is 5.56 Å². The molecule has 0 saturated heterocycles. The van der Waals surface area contributed by atoms with Crippen molar-refractivity contribution in [2.45, 2.75) is 25.9 Å². The van der Waals surface area contributed by atoms with Gasteiger partial charge in [-0.25, -0.2) is 0 Å². The number of hydrogen-bond donors (Lipinski definition) is 1. The molecule has 90 valence electrons. The minimum Gasteiger partial charge on any atom is -0.393 e. The van der Waals surface area contributed by atoms with Gasteiger partial charge in [-0.1, -0.05) is 28.9 Å². The van der Waals surface area contributed by atoms with Gasteiger partial charge in [0.1, 0.15) is 0 Å². The van der Waals surface area contributed by atoms with Gasteiger partial charge in [-0.3, -0.25) is 0 Å². The molecule has 0 radical (unpaired) electrons. The predicted molar refractivity (Wildman–Crippen MR) is 63.9 cm³/mol. The number of rotatable bonds is 4. The lowest BCUT2D eigenvalue weighted by molar-refractivity contribution is 0.181. The topological polar surface area (TPSA) is 59.2 Å². The summed E-state index contributed by atoms with van der Waals surface area (Å²) in [5.41, 5.74) is 1.03. The molecule has 4 nitrogen and oxygen atoms in total. The molecular formula is C12H13ClN2O2. The Morgan fingerprint density at radius 2 is 2.29 bits per heavy atom. The van der Waals surface area contributed by atoms with Crippen molar-refractivity contribution < 1.29 is 9.63 Å². The Morgan fingerprint density at radius 1 is 1.47 bits per heavy atom. The molecule has 1 aromatic carbocycles. The van der Waals surface area contributed by atoms with Crippen molar-refractivity contribution in [2.24, 2.45) is 0 Å². The minimum atomic E-state index is -0.477. The maximum atomic E-state index is 9.20. The van der Waals surface area contributed by atoms with Crippen LogP contribution in [0.2, 0.25) is 5.02 Å². The Bertz CT molecular complexity index is 497. The molecule has 1 aromatic heterocycles. The van der Waals surface area contributed by atoms with Crippen molar-refractivity contribution in [3.8, 4) is 0 Å². The van der Waals surface area contributed by atoms with Crippen molar-refractivity contribution in [1.82, 2.24) is 10.1 Å². The van der Waals surface area contributed by atoms with Crippen LogP contribution in [-0.2, 0) is 12.8 Å². The number of nitrogens with zero attached hydrogens (tertiary/aromatic N) is 2. The maximum Gasteiger partial charge on any atom is 0.229 e. The molecule has 0 spiro atoms. The second-order valence-corrected chi connectivity index (χ2v) is 4.40. The van der Waals surface area contributed by atoms with Gasteiger partial charge in [0.05, 0.1) is 12.5 Å². The summed E-state index contributed by atoms with van der Waals surface area (Å²) in [7, 11) is 0. The Morgan fingerprint density at radius 3 is 3.00 bits per heavy atom. The smallest absolute Gasteiger partial charge is 0.229 e. The van der Waals surface area contributed by atoms with E-state index in [1.807, 2.05) is 24.3 Å². The molecule has 2 aromatic rings. The molecule has 17 heavy (non-hydrogen) atoms. The quantitative estimate of drug-likeness (QED) is 0.907. The maximum absolute atomic E-state index is 9.20. The number of aromatic nitrogens is 2. The van der Waals surface area contributed by atoms with E-state index in [2.05, 4.69) is 10.1 Å². The lowest BCUT2D eigenvalue weighted by atomic mass is 10.1. The second-order valence-electron chi connectivity index (χ2n) is 3.96. The zero-order valence-electron chi connectivity index (χ0n) is 9.43. The van der Waals surface area contributed by atoms with Crippen LogP contribution < -0.4 is 0 Å². The van der Waals surface area contributed by atoms with E-state index in [1.54, 1.807) is 6.92 Å². The molecule has 0 amide bonds. The van der Waals surface area contributed by atoms with Gasteiger partial charge in [-0.05, 0) is 24.6 Å². The highest BCUT2D eigenvalue weighted by Gasteiger charge is 2.09. The highest BCUT2D eigenvalue weighted by atomic mass is 35.5. The fourth-order valence-corrected chi connectivity index (χ4v) is 1.74. The number of aliphatic hydroxyl groups excluding tert-OH is 1. The first-order valence-electron chi connectivity index (χ1n) is 5.37. The van der Waals surface area contributed by atoms with Gasteiger partial charge in [-0.15, -0.1) is 0 Å². The predicted octanol–water partition coefficient (Wildman–Crippen LogP) is 2.24. The Hall–Kier alpha value is -1.39. The van der Waals surface area contributed by atoms with E-state index in [0.29, 0.717) is 29.6 Å².